The van der Waals surface area contributed by atoms with E-state index in [1.165, 1.54) is 7.11 Å². The summed E-state index contributed by atoms with van der Waals surface area (Å²) in [6, 6.07) is 0. The lowest BCUT2D eigenvalue weighted by atomic mass is 9.94. The number of hydrogen-bond acceptors (Lipinski definition) is 4. The highest BCUT2D eigenvalue weighted by Crippen LogP contribution is 2.27. The smallest absolute Gasteiger partial charge is 0.310 e. The summed E-state index contributed by atoms with van der Waals surface area (Å²) < 4.78 is 4.76. The second kappa shape index (κ2) is 6.32. The van der Waals surface area contributed by atoms with Gasteiger partial charge in [0.05, 0.1) is 23.9 Å². The summed E-state index contributed by atoms with van der Waals surface area (Å²) in [6.07, 6.45) is 0. The van der Waals surface area contributed by atoms with Gasteiger partial charge in [0, 0.05) is 13.1 Å². The fourth-order valence-electron chi connectivity index (χ4n) is 2.54. The lowest BCUT2D eigenvalue weighted by Gasteiger charge is -2.25. The molecule has 1 amide bonds. The van der Waals surface area contributed by atoms with Gasteiger partial charge in [-0.1, -0.05) is 33.0 Å². The summed E-state index contributed by atoms with van der Waals surface area (Å²) >= 11 is 4.98. The number of rotatable bonds is 4. The third kappa shape index (κ3) is 3.43. The quantitative estimate of drug-likeness (QED) is 0.611. The number of likely N-dealkylation sites (tertiary alicyclic amines) is 1. The van der Waals surface area contributed by atoms with Crippen LogP contribution in [0.2, 0.25) is 0 Å². The molecule has 19 heavy (non-hydrogen) atoms. The summed E-state index contributed by atoms with van der Waals surface area (Å²) in [5.41, 5.74) is 5.65. The molecule has 108 valence electrons. The van der Waals surface area contributed by atoms with Crippen molar-refractivity contribution in [1.29, 1.82) is 0 Å². The van der Waals surface area contributed by atoms with Gasteiger partial charge in [0.2, 0.25) is 5.91 Å². The standard InChI is InChI=1S/C13H22N2O3S/c1-7(2)10(11(14)19)12(16)15-5-8(3)9(6-15)13(17)18-4/h7-10H,5-6H2,1-4H3,(H2,14,19). The monoisotopic (exact) mass is 286 g/mol. The van der Waals surface area contributed by atoms with E-state index in [4.69, 9.17) is 22.7 Å². The van der Waals surface area contributed by atoms with Gasteiger partial charge in [-0.2, -0.15) is 0 Å². The van der Waals surface area contributed by atoms with E-state index in [2.05, 4.69) is 0 Å². The van der Waals surface area contributed by atoms with Crippen molar-refractivity contribution >= 4 is 29.1 Å². The molecule has 0 aromatic rings. The Bertz CT molecular complexity index is 384. The topological polar surface area (TPSA) is 72.6 Å². The van der Waals surface area contributed by atoms with Gasteiger partial charge in [-0.15, -0.1) is 0 Å². The maximum atomic E-state index is 12.4. The number of carbonyl (C=O) groups is 2. The summed E-state index contributed by atoms with van der Waals surface area (Å²) in [4.78, 5) is 25.9. The van der Waals surface area contributed by atoms with Crippen molar-refractivity contribution in [3.63, 3.8) is 0 Å². The van der Waals surface area contributed by atoms with Gasteiger partial charge in [0.1, 0.15) is 0 Å². The Morgan fingerprint density at radius 1 is 1.37 bits per heavy atom. The molecule has 5 nitrogen and oxygen atoms in total. The Balaban J connectivity index is 2.80. The zero-order valence-corrected chi connectivity index (χ0v) is 12.7. The first-order valence-corrected chi connectivity index (χ1v) is 6.86. The predicted molar refractivity (Wildman–Crippen MR) is 76.4 cm³/mol. The van der Waals surface area contributed by atoms with E-state index >= 15 is 0 Å². The molecule has 3 atom stereocenters. The van der Waals surface area contributed by atoms with E-state index in [-0.39, 0.29) is 34.6 Å². The maximum Gasteiger partial charge on any atom is 0.310 e. The van der Waals surface area contributed by atoms with Crippen molar-refractivity contribution in [2.45, 2.75) is 20.8 Å². The first-order valence-electron chi connectivity index (χ1n) is 6.45. The zero-order chi connectivity index (χ0) is 14.7. The Kier molecular flexibility index (Phi) is 5.29. The van der Waals surface area contributed by atoms with Crippen LogP contribution >= 0.6 is 12.2 Å². The predicted octanol–water partition coefficient (Wildman–Crippen LogP) is 0.812. The number of methoxy groups -OCH3 is 1. The number of amides is 1. The molecule has 3 unspecified atom stereocenters. The highest BCUT2D eigenvalue weighted by atomic mass is 32.1. The Hall–Kier alpha value is -1.17. The van der Waals surface area contributed by atoms with Crippen LogP contribution in [-0.2, 0) is 14.3 Å². The van der Waals surface area contributed by atoms with Gasteiger partial charge in [-0.25, -0.2) is 0 Å². The maximum absolute atomic E-state index is 12.4. The first kappa shape index (κ1) is 15.9. The third-order valence-electron chi connectivity index (χ3n) is 3.67. The van der Waals surface area contributed by atoms with Gasteiger partial charge in [-0.3, -0.25) is 9.59 Å². The van der Waals surface area contributed by atoms with E-state index in [0.717, 1.165) is 0 Å². The highest BCUT2D eigenvalue weighted by molar-refractivity contribution is 7.80. The van der Waals surface area contributed by atoms with Gasteiger partial charge in [0.25, 0.3) is 0 Å². The number of thiocarbonyl (C=S) groups is 1. The minimum atomic E-state index is -0.460. The van der Waals surface area contributed by atoms with Gasteiger partial charge in [-0.05, 0) is 11.8 Å². The van der Waals surface area contributed by atoms with Gasteiger partial charge in [0.15, 0.2) is 0 Å². The fourth-order valence-corrected chi connectivity index (χ4v) is 2.91. The molecule has 1 aliphatic heterocycles. The van der Waals surface area contributed by atoms with Crippen molar-refractivity contribution in [2.24, 2.45) is 29.4 Å². The number of ether oxygens (including phenoxy) is 1. The molecular weight excluding hydrogens is 264 g/mol. The number of hydrogen-bond donors (Lipinski definition) is 1. The zero-order valence-electron chi connectivity index (χ0n) is 11.9. The molecule has 0 bridgehead atoms. The van der Waals surface area contributed by atoms with Gasteiger partial charge >= 0.3 is 5.97 Å². The lowest BCUT2D eigenvalue weighted by molar-refractivity contribution is -0.146. The Morgan fingerprint density at radius 3 is 2.37 bits per heavy atom. The summed E-state index contributed by atoms with van der Waals surface area (Å²) in [6.45, 7) is 6.71. The summed E-state index contributed by atoms with van der Waals surface area (Å²) in [7, 11) is 1.37. The van der Waals surface area contributed by atoms with Crippen LogP contribution in [0.3, 0.4) is 0 Å². The fraction of sp³-hybridized carbons (Fsp3) is 0.769. The molecule has 1 saturated heterocycles. The van der Waals surface area contributed by atoms with Crippen LogP contribution in [0.25, 0.3) is 0 Å². The molecule has 1 rings (SSSR count). The minimum Gasteiger partial charge on any atom is -0.469 e. The Labute approximate surface area is 119 Å². The highest BCUT2D eigenvalue weighted by Gasteiger charge is 2.40. The number of carbonyl (C=O) groups excluding carboxylic acids is 2. The van der Waals surface area contributed by atoms with Crippen LogP contribution < -0.4 is 5.73 Å². The van der Waals surface area contributed by atoms with Crippen LogP contribution in [0.4, 0.5) is 0 Å². The molecule has 0 saturated carbocycles. The van der Waals surface area contributed by atoms with Crippen LogP contribution in [-0.4, -0.2) is 42.0 Å². The van der Waals surface area contributed by atoms with Crippen molar-refractivity contribution in [1.82, 2.24) is 4.90 Å². The van der Waals surface area contributed by atoms with Crippen molar-refractivity contribution in [2.75, 3.05) is 20.2 Å². The van der Waals surface area contributed by atoms with Crippen LogP contribution in [0, 0.1) is 23.7 Å². The molecule has 0 spiro atoms. The van der Waals surface area contributed by atoms with E-state index in [0.29, 0.717) is 13.1 Å². The molecule has 1 aliphatic rings. The van der Waals surface area contributed by atoms with E-state index in [1.54, 1.807) is 4.90 Å². The van der Waals surface area contributed by atoms with Crippen molar-refractivity contribution in [3.8, 4) is 0 Å². The molecule has 6 heteroatoms. The van der Waals surface area contributed by atoms with Crippen molar-refractivity contribution in [3.05, 3.63) is 0 Å². The Morgan fingerprint density at radius 2 is 1.95 bits per heavy atom. The summed E-state index contributed by atoms with van der Waals surface area (Å²) in [5, 5.41) is 0. The molecule has 2 N–H and O–H groups in total. The normalized spacial score (nSPS) is 24.4. The molecule has 0 aromatic heterocycles. The second-order valence-electron chi connectivity index (χ2n) is 5.47. The molecule has 0 aromatic carbocycles. The van der Waals surface area contributed by atoms with Crippen LogP contribution in [0.1, 0.15) is 20.8 Å². The summed E-state index contributed by atoms with van der Waals surface area (Å²) in [5.74, 6) is -0.917. The van der Waals surface area contributed by atoms with Crippen molar-refractivity contribution < 1.29 is 14.3 Å². The van der Waals surface area contributed by atoms with E-state index in [1.807, 2.05) is 20.8 Å². The van der Waals surface area contributed by atoms with E-state index in [9.17, 15) is 9.59 Å². The molecule has 0 radical (unpaired) electrons. The average molecular weight is 286 g/mol. The molecular formula is C13H22N2O3S. The van der Waals surface area contributed by atoms with Crippen LogP contribution in [0.5, 0.6) is 0 Å². The molecule has 0 aliphatic carbocycles. The second-order valence-corrected chi connectivity index (χ2v) is 5.95. The number of nitrogens with zero attached hydrogens (tertiary/aromatic N) is 1. The van der Waals surface area contributed by atoms with Crippen LogP contribution in [0.15, 0.2) is 0 Å². The number of esters is 1. The van der Waals surface area contributed by atoms with E-state index < -0.39 is 5.92 Å². The largest absolute Gasteiger partial charge is 0.469 e. The first-order chi connectivity index (χ1) is 8.79. The minimum absolute atomic E-state index is 0.0532. The molecule has 1 heterocycles. The van der Waals surface area contributed by atoms with Gasteiger partial charge < -0.3 is 15.4 Å². The third-order valence-corrected chi connectivity index (χ3v) is 3.92. The molecule has 1 fully saturated rings. The lowest BCUT2D eigenvalue weighted by Crippen LogP contribution is -2.43. The number of nitrogens with two attached hydrogens (primary N) is 1. The average Bonchev–Trinajstić information content (AvgIpc) is 2.69. The SMILES string of the molecule is COC(=O)C1CN(C(=O)C(C(N)=S)C(C)C)CC1C.